The highest BCUT2D eigenvalue weighted by Gasteiger charge is 2.27. The Morgan fingerprint density at radius 2 is 1.80 bits per heavy atom. The summed E-state index contributed by atoms with van der Waals surface area (Å²) in [5, 5.41) is 8.25. The molecule has 0 unspecified atom stereocenters. The van der Waals surface area contributed by atoms with E-state index in [2.05, 4.69) is 0 Å². The summed E-state index contributed by atoms with van der Waals surface area (Å²) in [6.07, 6.45) is -6.03. The van der Waals surface area contributed by atoms with E-state index in [1.165, 1.54) is 7.05 Å². The van der Waals surface area contributed by atoms with E-state index in [0.717, 1.165) is 4.90 Å². The predicted molar refractivity (Wildman–Crippen MR) is 45.2 cm³/mol. The minimum Gasteiger partial charge on any atom is -0.481 e. The molecular formula is C8H12F3NO3. The molecule has 1 N–H and O–H groups in total. The molecule has 0 atom stereocenters. The Bertz CT molecular complexity index is 240. The van der Waals surface area contributed by atoms with Crippen molar-refractivity contribution in [3.8, 4) is 0 Å². The number of halogens is 3. The summed E-state index contributed by atoms with van der Waals surface area (Å²) in [5.74, 6) is -1.74. The maximum Gasteiger partial charge on any atom is 0.390 e. The quantitative estimate of drug-likeness (QED) is 0.769. The van der Waals surface area contributed by atoms with Crippen LogP contribution in [0.3, 0.4) is 0 Å². The molecule has 88 valence electrons. The largest absolute Gasteiger partial charge is 0.481 e. The third-order valence-electron chi connectivity index (χ3n) is 1.71. The van der Waals surface area contributed by atoms with E-state index in [1.54, 1.807) is 0 Å². The summed E-state index contributed by atoms with van der Waals surface area (Å²) >= 11 is 0. The zero-order valence-electron chi connectivity index (χ0n) is 8.17. The molecule has 0 heterocycles. The summed E-state index contributed by atoms with van der Waals surface area (Å²) in [4.78, 5) is 22.0. The van der Waals surface area contributed by atoms with Crippen molar-refractivity contribution in [1.82, 2.24) is 4.90 Å². The maximum atomic E-state index is 11.8. The normalized spacial score (nSPS) is 11.2. The Balaban J connectivity index is 3.84. The smallest absolute Gasteiger partial charge is 0.390 e. The number of amides is 1. The number of aliphatic carboxylic acids is 1. The first kappa shape index (κ1) is 13.7. The van der Waals surface area contributed by atoms with Crippen molar-refractivity contribution in [2.24, 2.45) is 0 Å². The summed E-state index contributed by atoms with van der Waals surface area (Å²) < 4.78 is 35.3. The molecule has 0 aromatic carbocycles. The van der Waals surface area contributed by atoms with Crippen LogP contribution in [0.5, 0.6) is 0 Å². The molecule has 0 radical (unpaired) electrons. The van der Waals surface area contributed by atoms with Crippen molar-refractivity contribution >= 4 is 11.9 Å². The average Bonchev–Trinajstić information content (AvgIpc) is 2.08. The molecule has 0 fully saturated rings. The van der Waals surface area contributed by atoms with Gasteiger partial charge in [0.25, 0.3) is 0 Å². The van der Waals surface area contributed by atoms with Crippen LogP contribution in [0.2, 0.25) is 0 Å². The second-order valence-electron chi connectivity index (χ2n) is 3.07. The molecule has 0 aliphatic heterocycles. The van der Waals surface area contributed by atoms with E-state index < -0.39 is 31.0 Å². The predicted octanol–water partition coefficient (Wildman–Crippen LogP) is 1.26. The maximum absolute atomic E-state index is 11.8. The van der Waals surface area contributed by atoms with Gasteiger partial charge in [-0.25, -0.2) is 0 Å². The lowest BCUT2D eigenvalue weighted by Gasteiger charge is -2.17. The number of carbonyl (C=O) groups excluding carboxylic acids is 1. The Kier molecular flexibility index (Phi) is 5.10. The lowest BCUT2D eigenvalue weighted by Crippen LogP contribution is -2.30. The third-order valence-corrected chi connectivity index (χ3v) is 1.71. The van der Waals surface area contributed by atoms with Crippen molar-refractivity contribution in [3.05, 3.63) is 0 Å². The van der Waals surface area contributed by atoms with Crippen LogP contribution < -0.4 is 0 Å². The van der Waals surface area contributed by atoms with Crippen molar-refractivity contribution in [2.45, 2.75) is 25.4 Å². The summed E-state index contributed by atoms with van der Waals surface area (Å²) in [7, 11) is 1.22. The van der Waals surface area contributed by atoms with E-state index in [-0.39, 0.29) is 12.8 Å². The van der Waals surface area contributed by atoms with Crippen LogP contribution in [-0.2, 0) is 9.59 Å². The molecule has 15 heavy (non-hydrogen) atoms. The van der Waals surface area contributed by atoms with E-state index in [0.29, 0.717) is 0 Å². The fourth-order valence-corrected chi connectivity index (χ4v) is 0.824. The van der Waals surface area contributed by atoms with E-state index in [9.17, 15) is 22.8 Å². The van der Waals surface area contributed by atoms with Gasteiger partial charge in [-0.1, -0.05) is 0 Å². The Hall–Kier alpha value is -1.27. The number of rotatable bonds is 5. The molecule has 0 saturated heterocycles. The van der Waals surface area contributed by atoms with E-state index in [1.807, 2.05) is 0 Å². The molecule has 4 nitrogen and oxygen atoms in total. The van der Waals surface area contributed by atoms with Crippen molar-refractivity contribution in [3.63, 3.8) is 0 Å². The van der Waals surface area contributed by atoms with Crippen molar-refractivity contribution in [1.29, 1.82) is 0 Å². The van der Waals surface area contributed by atoms with Gasteiger partial charge in [0, 0.05) is 20.0 Å². The van der Waals surface area contributed by atoms with Gasteiger partial charge >= 0.3 is 12.1 Å². The summed E-state index contributed by atoms with van der Waals surface area (Å²) in [6.45, 7) is -0.443. The highest BCUT2D eigenvalue weighted by atomic mass is 19.4. The SMILES string of the molecule is CN(CCC(F)(F)F)C(=O)CCC(=O)O. The summed E-state index contributed by atoms with van der Waals surface area (Å²) in [5.41, 5.74) is 0. The first-order valence-corrected chi connectivity index (χ1v) is 4.25. The molecule has 0 aliphatic carbocycles. The number of hydrogen-bond donors (Lipinski definition) is 1. The molecule has 0 aromatic rings. The van der Waals surface area contributed by atoms with Crippen LogP contribution in [0.25, 0.3) is 0 Å². The molecule has 0 bridgehead atoms. The number of carboxylic acid groups (broad SMARTS) is 1. The number of nitrogens with zero attached hydrogens (tertiary/aromatic N) is 1. The molecule has 1 amide bonds. The highest BCUT2D eigenvalue weighted by molar-refractivity contribution is 5.80. The van der Waals surface area contributed by atoms with Crippen LogP contribution in [0.15, 0.2) is 0 Å². The number of carboxylic acids is 1. The zero-order valence-corrected chi connectivity index (χ0v) is 8.17. The molecule has 7 heteroatoms. The third kappa shape index (κ3) is 7.77. The van der Waals surface area contributed by atoms with Gasteiger partial charge in [0.05, 0.1) is 12.8 Å². The van der Waals surface area contributed by atoms with Crippen molar-refractivity contribution < 1.29 is 27.9 Å². The van der Waals surface area contributed by atoms with Crippen LogP contribution in [0.4, 0.5) is 13.2 Å². The van der Waals surface area contributed by atoms with Crippen LogP contribution in [0.1, 0.15) is 19.3 Å². The second kappa shape index (κ2) is 5.57. The van der Waals surface area contributed by atoms with Crippen LogP contribution >= 0.6 is 0 Å². The molecule has 0 saturated carbocycles. The van der Waals surface area contributed by atoms with Gasteiger partial charge in [-0.15, -0.1) is 0 Å². The molecule has 0 aliphatic rings. The lowest BCUT2D eigenvalue weighted by atomic mass is 10.2. The second-order valence-corrected chi connectivity index (χ2v) is 3.07. The van der Waals surface area contributed by atoms with E-state index >= 15 is 0 Å². The molecule has 0 spiro atoms. The summed E-state index contributed by atoms with van der Waals surface area (Å²) in [6, 6.07) is 0. The Labute approximate surface area is 84.7 Å². The van der Waals surface area contributed by atoms with Gasteiger partial charge in [0.15, 0.2) is 0 Å². The van der Waals surface area contributed by atoms with Crippen LogP contribution in [0, 0.1) is 0 Å². The minimum atomic E-state index is -4.30. The first-order chi connectivity index (χ1) is 6.72. The van der Waals surface area contributed by atoms with Gasteiger partial charge in [-0.2, -0.15) is 13.2 Å². The standard InChI is InChI=1S/C8H12F3NO3/c1-12(5-4-8(9,10)11)6(13)2-3-7(14)15/h2-5H2,1H3,(H,14,15). The average molecular weight is 227 g/mol. The van der Waals surface area contributed by atoms with Crippen molar-refractivity contribution in [2.75, 3.05) is 13.6 Å². The molecular weight excluding hydrogens is 215 g/mol. The Morgan fingerprint density at radius 3 is 2.20 bits per heavy atom. The van der Waals surface area contributed by atoms with Gasteiger partial charge in [-0.3, -0.25) is 9.59 Å². The van der Waals surface area contributed by atoms with Gasteiger partial charge in [-0.05, 0) is 0 Å². The lowest BCUT2D eigenvalue weighted by molar-refractivity contribution is -0.146. The Morgan fingerprint density at radius 1 is 1.27 bits per heavy atom. The fraction of sp³-hybridized carbons (Fsp3) is 0.750. The van der Waals surface area contributed by atoms with Crippen LogP contribution in [-0.4, -0.2) is 41.7 Å². The topological polar surface area (TPSA) is 57.6 Å². The van der Waals surface area contributed by atoms with Gasteiger partial charge in [0.1, 0.15) is 0 Å². The number of hydrogen-bond acceptors (Lipinski definition) is 2. The molecule has 0 aromatic heterocycles. The fourth-order valence-electron chi connectivity index (χ4n) is 0.824. The first-order valence-electron chi connectivity index (χ1n) is 4.25. The number of alkyl halides is 3. The van der Waals surface area contributed by atoms with E-state index in [4.69, 9.17) is 5.11 Å². The highest BCUT2D eigenvalue weighted by Crippen LogP contribution is 2.19. The van der Waals surface area contributed by atoms with Gasteiger partial charge in [0.2, 0.25) is 5.91 Å². The molecule has 0 rings (SSSR count). The monoisotopic (exact) mass is 227 g/mol. The minimum absolute atomic E-state index is 0.274. The zero-order chi connectivity index (χ0) is 12.1. The van der Waals surface area contributed by atoms with Gasteiger partial charge < -0.3 is 10.0 Å². The number of carbonyl (C=O) groups is 2.